The van der Waals surface area contributed by atoms with Crippen LogP contribution >= 0.6 is 0 Å². The van der Waals surface area contributed by atoms with Crippen LogP contribution in [0.1, 0.15) is 49.3 Å². The molecule has 6 rings (SSSR count). The van der Waals surface area contributed by atoms with Gasteiger partial charge in [0.1, 0.15) is 24.2 Å². The maximum Gasteiger partial charge on any atom is 0.338 e. The number of nitrogens with one attached hydrogen (secondary N) is 3. The molecule has 3 aliphatic rings. The fourth-order valence-electron chi connectivity index (χ4n) is 6.05. The van der Waals surface area contributed by atoms with E-state index in [4.69, 9.17) is 9.37 Å². The van der Waals surface area contributed by atoms with Gasteiger partial charge in [-0.15, -0.1) is 0 Å². The lowest BCUT2D eigenvalue weighted by molar-refractivity contribution is -0.136. The van der Waals surface area contributed by atoms with Gasteiger partial charge in [0.2, 0.25) is 11.8 Å². The second kappa shape index (κ2) is 12.2. The highest BCUT2D eigenvalue weighted by Gasteiger charge is 2.43. The van der Waals surface area contributed by atoms with E-state index in [0.717, 1.165) is 44.6 Å². The van der Waals surface area contributed by atoms with Crippen LogP contribution in [0, 0.1) is 0 Å². The lowest BCUT2D eigenvalue weighted by atomic mass is 9.89. The molecule has 224 valence electrons. The van der Waals surface area contributed by atoms with Crippen molar-refractivity contribution >= 4 is 40.5 Å². The number of hydrogen-bond donors (Lipinski definition) is 3. The Labute approximate surface area is 247 Å². The van der Waals surface area contributed by atoms with Crippen molar-refractivity contribution in [3.05, 3.63) is 64.9 Å². The van der Waals surface area contributed by atoms with Gasteiger partial charge in [0, 0.05) is 19.2 Å². The molecule has 3 aliphatic heterocycles. The molecule has 1 unspecified atom stereocenters. The normalized spacial score (nSPS) is 19.3. The van der Waals surface area contributed by atoms with Crippen LogP contribution in [-0.2, 0) is 19.1 Å². The van der Waals surface area contributed by atoms with E-state index in [1.54, 1.807) is 18.2 Å². The van der Waals surface area contributed by atoms with Crippen molar-refractivity contribution in [2.45, 2.75) is 38.1 Å². The van der Waals surface area contributed by atoms with E-state index in [1.165, 1.54) is 17.4 Å². The Kier molecular flexibility index (Phi) is 8.05. The predicted octanol–water partition coefficient (Wildman–Crippen LogP) is 2.44. The number of benzene rings is 2. The number of piperidine rings is 1. The molecule has 13 heteroatoms. The predicted molar refractivity (Wildman–Crippen MR) is 155 cm³/mol. The number of amides is 4. The number of ether oxygens (including phenoxy) is 1. The zero-order valence-corrected chi connectivity index (χ0v) is 23.8. The molecular formula is C30H33N7O6. The van der Waals surface area contributed by atoms with Crippen LogP contribution in [0.15, 0.2) is 58.4 Å². The lowest BCUT2D eigenvalue weighted by Gasteiger charge is -2.35. The number of esters is 1. The molecule has 3 aromatic rings. The molecule has 0 aliphatic carbocycles. The minimum Gasteiger partial charge on any atom is -0.456 e. The van der Waals surface area contributed by atoms with Gasteiger partial charge >= 0.3 is 12.0 Å². The molecule has 1 atom stereocenters. The van der Waals surface area contributed by atoms with E-state index in [1.807, 2.05) is 12.1 Å². The average Bonchev–Trinajstić information content (AvgIpc) is 3.61. The van der Waals surface area contributed by atoms with Gasteiger partial charge in [-0.1, -0.05) is 18.2 Å². The summed E-state index contributed by atoms with van der Waals surface area (Å²) in [6.07, 6.45) is 2.82. The SMILES string of the molecule is CC(=O)Nc1cccc(C2CCN(CCCNC(=O)CN3C(=O)NC4=C(C(=O)OC4)C3c3ccc4nonc4c3)CC2)c1. The first kappa shape index (κ1) is 28.3. The van der Waals surface area contributed by atoms with E-state index in [-0.39, 0.29) is 25.0 Å². The summed E-state index contributed by atoms with van der Waals surface area (Å²) in [6, 6.07) is 11.9. The van der Waals surface area contributed by atoms with E-state index < -0.39 is 18.0 Å². The van der Waals surface area contributed by atoms with E-state index in [2.05, 4.69) is 43.3 Å². The number of hydrogen-bond acceptors (Lipinski definition) is 9. The highest BCUT2D eigenvalue weighted by molar-refractivity contribution is 5.98. The number of rotatable bonds is 9. The number of carbonyl (C=O) groups is 4. The molecule has 1 aromatic heterocycles. The van der Waals surface area contributed by atoms with Gasteiger partial charge in [-0.3, -0.25) is 9.59 Å². The van der Waals surface area contributed by atoms with Gasteiger partial charge in [-0.05, 0) is 90.5 Å². The van der Waals surface area contributed by atoms with Crippen molar-refractivity contribution in [2.24, 2.45) is 0 Å². The highest BCUT2D eigenvalue weighted by atomic mass is 16.6. The third-order valence-electron chi connectivity index (χ3n) is 8.14. The summed E-state index contributed by atoms with van der Waals surface area (Å²) in [4.78, 5) is 53.8. The molecule has 13 nitrogen and oxygen atoms in total. The number of anilines is 1. The molecule has 0 spiro atoms. The van der Waals surface area contributed by atoms with Gasteiger partial charge in [0.25, 0.3) is 0 Å². The second-order valence-corrected chi connectivity index (χ2v) is 11.1. The van der Waals surface area contributed by atoms with Crippen LogP contribution < -0.4 is 16.0 Å². The minimum atomic E-state index is -0.814. The maximum absolute atomic E-state index is 13.1. The van der Waals surface area contributed by atoms with Crippen molar-refractivity contribution in [3.63, 3.8) is 0 Å². The van der Waals surface area contributed by atoms with Crippen molar-refractivity contribution < 1.29 is 28.5 Å². The molecule has 1 fully saturated rings. The zero-order valence-electron chi connectivity index (χ0n) is 23.8. The summed E-state index contributed by atoms with van der Waals surface area (Å²) in [5.74, 6) is -0.487. The van der Waals surface area contributed by atoms with Gasteiger partial charge in [-0.25, -0.2) is 14.2 Å². The zero-order chi connectivity index (χ0) is 29.9. The average molecular weight is 588 g/mol. The molecule has 3 N–H and O–H groups in total. The molecule has 1 saturated heterocycles. The molecule has 4 heterocycles. The van der Waals surface area contributed by atoms with E-state index in [0.29, 0.717) is 40.3 Å². The van der Waals surface area contributed by atoms with Crippen LogP contribution in [0.3, 0.4) is 0 Å². The number of cyclic esters (lactones) is 1. The lowest BCUT2D eigenvalue weighted by Crippen LogP contribution is -2.51. The van der Waals surface area contributed by atoms with Crippen molar-refractivity contribution in [3.8, 4) is 0 Å². The van der Waals surface area contributed by atoms with Gasteiger partial charge in [0.15, 0.2) is 0 Å². The Bertz CT molecular complexity index is 1590. The number of fused-ring (bicyclic) bond motifs is 1. The Hall–Kier alpha value is -4.78. The summed E-state index contributed by atoms with van der Waals surface area (Å²) < 4.78 is 9.98. The Balaban J connectivity index is 1.01. The molecular weight excluding hydrogens is 554 g/mol. The largest absolute Gasteiger partial charge is 0.456 e. The van der Waals surface area contributed by atoms with E-state index in [9.17, 15) is 19.2 Å². The van der Waals surface area contributed by atoms with Crippen LogP contribution in [-0.4, -0.2) is 83.3 Å². The Morgan fingerprint density at radius 3 is 2.67 bits per heavy atom. The first-order valence-corrected chi connectivity index (χ1v) is 14.4. The van der Waals surface area contributed by atoms with Gasteiger partial charge in [0.05, 0.1) is 17.3 Å². The number of urea groups is 1. The minimum absolute atomic E-state index is 0.0229. The molecule has 0 bridgehead atoms. The number of likely N-dealkylation sites (tertiary alicyclic amines) is 1. The molecule has 0 radical (unpaired) electrons. The van der Waals surface area contributed by atoms with Gasteiger partial charge < -0.3 is 30.5 Å². The summed E-state index contributed by atoms with van der Waals surface area (Å²) in [5.41, 5.74) is 4.38. The smallest absolute Gasteiger partial charge is 0.338 e. The van der Waals surface area contributed by atoms with Crippen LogP contribution in [0.25, 0.3) is 11.0 Å². The summed E-state index contributed by atoms with van der Waals surface area (Å²) in [7, 11) is 0. The standard InChI is InChI=1S/C30H33N7O6/c1-18(38)32-22-5-2-4-20(14-22)19-8-12-36(13-9-19)11-3-10-31-26(39)16-37-28(21-6-7-23-24(15-21)35-43-34-23)27-25(33-30(37)41)17-42-29(27)40/h2,4-7,14-15,19,28H,3,8-13,16-17H2,1H3,(H,31,39)(H,32,38)(H,33,41). The van der Waals surface area contributed by atoms with Crippen molar-refractivity contribution in [2.75, 3.05) is 44.6 Å². The van der Waals surface area contributed by atoms with Crippen molar-refractivity contribution in [1.82, 2.24) is 30.7 Å². The topological polar surface area (TPSA) is 159 Å². The second-order valence-electron chi connectivity index (χ2n) is 11.1. The quantitative estimate of drug-likeness (QED) is 0.252. The molecule has 4 amide bonds. The third-order valence-corrected chi connectivity index (χ3v) is 8.14. The number of carbonyl (C=O) groups excluding carboxylic acids is 4. The molecule has 2 aromatic carbocycles. The summed E-state index contributed by atoms with van der Waals surface area (Å²) in [5, 5.41) is 16.2. The fraction of sp³-hybridized carbons (Fsp3) is 0.400. The van der Waals surface area contributed by atoms with Gasteiger partial charge in [-0.2, -0.15) is 0 Å². The van der Waals surface area contributed by atoms with Crippen LogP contribution in [0.2, 0.25) is 0 Å². The Morgan fingerprint density at radius 2 is 1.86 bits per heavy atom. The molecule has 43 heavy (non-hydrogen) atoms. The third kappa shape index (κ3) is 6.21. The number of nitrogens with zero attached hydrogens (tertiary/aromatic N) is 4. The Morgan fingerprint density at radius 1 is 1.05 bits per heavy atom. The van der Waals surface area contributed by atoms with E-state index >= 15 is 0 Å². The van der Waals surface area contributed by atoms with Crippen molar-refractivity contribution in [1.29, 1.82) is 0 Å². The monoisotopic (exact) mass is 587 g/mol. The summed E-state index contributed by atoms with van der Waals surface area (Å²) in [6.45, 7) is 4.47. The number of aromatic nitrogens is 2. The van der Waals surface area contributed by atoms with Crippen LogP contribution in [0.4, 0.5) is 10.5 Å². The summed E-state index contributed by atoms with van der Waals surface area (Å²) >= 11 is 0. The highest BCUT2D eigenvalue weighted by Crippen LogP contribution is 2.37. The first-order chi connectivity index (χ1) is 20.9. The first-order valence-electron chi connectivity index (χ1n) is 14.4. The fourth-order valence-corrected chi connectivity index (χ4v) is 6.05. The maximum atomic E-state index is 13.1. The van der Waals surface area contributed by atoms with Crippen LogP contribution in [0.5, 0.6) is 0 Å². The molecule has 0 saturated carbocycles.